The van der Waals surface area contributed by atoms with E-state index in [-0.39, 0.29) is 5.13 Å². The van der Waals surface area contributed by atoms with Gasteiger partial charge in [-0.15, -0.1) is 0 Å². The first-order chi connectivity index (χ1) is 10.2. The molecule has 0 aliphatic rings. The molecule has 2 N–H and O–H groups in total. The number of benzene rings is 1. The number of aromatic nitrogens is 1. The lowest BCUT2D eigenvalue weighted by Crippen LogP contribution is -2.11. The standard InChI is InChI=1S/C14H13F3N2O2S/c1-7(2)8-3-5-9(6-4-8)18-13-19-11(14(15,16)17)10(22-13)12(20)21/h3-7H,1-2H3,(H,18,19)(H,20,21). The molecular formula is C14H13F3N2O2S. The highest BCUT2D eigenvalue weighted by molar-refractivity contribution is 7.17. The van der Waals surface area contributed by atoms with Crippen LogP contribution in [0.1, 0.15) is 40.7 Å². The van der Waals surface area contributed by atoms with Crippen molar-refractivity contribution in [2.24, 2.45) is 0 Å². The number of carboxylic acid groups (broad SMARTS) is 1. The van der Waals surface area contributed by atoms with Gasteiger partial charge in [0.1, 0.15) is 4.88 Å². The van der Waals surface area contributed by atoms with Gasteiger partial charge in [-0.3, -0.25) is 0 Å². The summed E-state index contributed by atoms with van der Waals surface area (Å²) in [6.07, 6.45) is -4.80. The van der Waals surface area contributed by atoms with Crippen LogP contribution in [0, 0.1) is 0 Å². The van der Waals surface area contributed by atoms with Crippen LogP contribution >= 0.6 is 11.3 Å². The molecule has 1 heterocycles. The Morgan fingerprint density at radius 1 is 1.27 bits per heavy atom. The number of carboxylic acids is 1. The smallest absolute Gasteiger partial charge is 0.435 e. The van der Waals surface area contributed by atoms with Crippen molar-refractivity contribution in [3.05, 3.63) is 40.4 Å². The molecule has 1 aromatic heterocycles. The molecule has 0 atom stereocenters. The predicted molar refractivity (Wildman–Crippen MR) is 77.9 cm³/mol. The Labute approximate surface area is 128 Å². The highest BCUT2D eigenvalue weighted by atomic mass is 32.1. The van der Waals surface area contributed by atoms with Gasteiger partial charge in [-0.25, -0.2) is 9.78 Å². The van der Waals surface area contributed by atoms with Crippen molar-refractivity contribution < 1.29 is 23.1 Å². The van der Waals surface area contributed by atoms with Crippen LogP contribution in [-0.2, 0) is 6.18 Å². The van der Waals surface area contributed by atoms with Gasteiger partial charge in [-0.05, 0) is 23.6 Å². The van der Waals surface area contributed by atoms with E-state index in [1.165, 1.54) is 0 Å². The quantitative estimate of drug-likeness (QED) is 0.851. The predicted octanol–water partition coefficient (Wildman–Crippen LogP) is 4.73. The zero-order valence-corrected chi connectivity index (χ0v) is 12.5. The Bertz CT molecular complexity index is 678. The Morgan fingerprint density at radius 2 is 1.86 bits per heavy atom. The second-order valence-corrected chi connectivity index (χ2v) is 5.90. The van der Waals surface area contributed by atoms with E-state index in [0.717, 1.165) is 5.56 Å². The molecule has 2 rings (SSSR count). The summed E-state index contributed by atoms with van der Waals surface area (Å²) in [5, 5.41) is 11.4. The van der Waals surface area contributed by atoms with Gasteiger partial charge in [0, 0.05) is 5.69 Å². The summed E-state index contributed by atoms with van der Waals surface area (Å²) in [6, 6.07) is 7.13. The number of aromatic carboxylic acids is 1. The molecule has 0 bridgehead atoms. The third-order valence-corrected chi connectivity index (χ3v) is 3.88. The van der Waals surface area contributed by atoms with Crippen LogP contribution in [0.2, 0.25) is 0 Å². The van der Waals surface area contributed by atoms with Crippen molar-refractivity contribution in [2.75, 3.05) is 5.32 Å². The molecule has 1 aromatic carbocycles. The molecule has 0 saturated heterocycles. The minimum atomic E-state index is -4.80. The fourth-order valence-corrected chi connectivity index (χ4v) is 2.63. The first-order valence-corrected chi connectivity index (χ1v) is 7.18. The highest BCUT2D eigenvalue weighted by Crippen LogP contribution is 2.37. The summed E-state index contributed by atoms with van der Waals surface area (Å²) >= 11 is 0.458. The van der Waals surface area contributed by atoms with Crippen molar-refractivity contribution in [2.45, 2.75) is 25.9 Å². The molecule has 0 aliphatic heterocycles. The minimum Gasteiger partial charge on any atom is -0.477 e. The Kier molecular flexibility index (Phi) is 4.41. The van der Waals surface area contributed by atoms with Gasteiger partial charge < -0.3 is 10.4 Å². The zero-order chi connectivity index (χ0) is 16.5. The number of hydrogen-bond donors (Lipinski definition) is 2. The van der Waals surface area contributed by atoms with Gasteiger partial charge in [-0.1, -0.05) is 37.3 Å². The van der Waals surface area contributed by atoms with E-state index in [1.54, 1.807) is 12.1 Å². The molecule has 2 aromatic rings. The summed E-state index contributed by atoms with van der Waals surface area (Å²) < 4.78 is 38.3. The van der Waals surface area contributed by atoms with Crippen LogP contribution in [0.15, 0.2) is 24.3 Å². The summed E-state index contributed by atoms with van der Waals surface area (Å²) in [4.78, 5) is 13.4. The number of hydrogen-bond acceptors (Lipinski definition) is 4. The number of carbonyl (C=O) groups is 1. The Morgan fingerprint density at radius 3 is 2.27 bits per heavy atom. The van der Waals surface area contributed by atoms with Crippen molar-refractivity contribution >= 4 is 28.1 Å². The topological polar surface area (TPSA) is 62.2 Å². The molecule has 118 valence electrons. The summed E-state index contributed by atoms with van der Waals surface area (Å²) in [5.74, 6) is -1.31. The van der Waals surface area contributed by atoms with Crippen molar-refractivity contribution in [1.82, 2.24) is 4.98 Å². The number of nitrogens with zero attached hydrogens (tertiary/aromatic N) is 1. The molecule has 0 fully saturated rings. The molecule has 0 amide bonds. The van der Waals surface area contributed by atoms with Crippen molar-refractivity contribution in [3.8, 4) is 0 Å². The van der Waals surface area contributed by atoms with Crippen LogP contribution in [-0.4, -0.2) is 16.1 Å². The van der Waals surface area contributed by atoms with Crippen LogP contribution in [0.5, 0.6) is 0 Å². The van der Waals surface area contributed by atoms with E-state index in [4.69, 9.17) is 5.11 Å². The third kappa shape index (κ3) is 3.56. The van der Waals surface area contributed by atoms with Crippen molar-refractivity contribution in [3.63, 3.8) is 0 Å². The maximum Gasteiger partial charge on any atom is 0.435 e. The first-order valence-electron chi connectivity index (χ1n) is 6.36. The van der Waals surface area contributed by atoms with Crippen molar-refractivity contribution in [1.29, 1.82) is 0 Å². The average Bonchev–Trinajstić information content (AvgIpc) is 2.83. The maximum absolute atomic E-state index is 12.8. The minimum absolute atomic E-state index is 0.109. The zero-order valence-electron chi connectivity index (χ0n) is 11.7. The molecule has 0 unspecified atom stereocenters. The normalized spacial score (nSPS) is 11.7. The van der Waals surface area contributed by atoms with E-state index in [2.05, 4.69) is 10.3 Å². The molecule has 4 nitrogen and oxygen atoms in total. The van der Waals surface area contributed by atoms with Gasteiger partial charge >= 0.3 is 12.1 Å². The molecule has 8 heteroatoms. The Balaban J connectivity index is 2.28. The summed E-state index contributed by atoms with van der Waals surface area (Å²) in [5.41, 5.74) is 0.252. The summed E-state index contributed by atoms with van der Waals surface area (Å²) in [6.45, 7) is 4.05. The number of anilines is 2. The highest BCUT2D eigenvalue weighted by Gasteiger charge is 2.39. The van der Waals surface area contributed by atoms with E-state index in [1.807, 2.05) is 26.0 Å². The second kappa shape index (κ2) is 5.96. The van der Waals surface area contributed by atoms with Crippen LogP contribution < -0.4 is 5.32 Å². The van der Waals surface area contributed by atoms with E-state index >= 15 is 0 Å². The van der Waals surface area contributed by atoms with Gasteiger partial charge in [-0.2, -0.15) is 13.2 Å². The number of thiazole rings is 1. The maximum atomic E-state index is 12.8. The Hall–Kier alpha value is -2.09. The van der Waals surface area contributed by atoms with E-state index < -0.39 is 22.7 Å². The molecule has 0 spiro atoms. The molecule has 0 radical (unpaired) electrons. The molecule has 0 aliphatic carbocycles. The van der Waals surface area contributed by atoms with Gasteiger partial charge in [0.25, 0.3) is 0 Å². The third-order valence-electron chi connectivity index (χ3n) is 2.92. The fraction of sp³-hybridized carbons (Fsp3) is 0.286. The van der Waals surface area contributed by atoms with Gasteiger partial charge in [0.2, 0.25) is 0 Å². The lowest BCUT2D eigenvalue weighted by Gasteiger charge is -2.07. The summed E-state index contributed by atoms with van der Waals surface area (Å²) in [7, 11) is 0. The van der Waals surface area contributed by atoms with Crippen LogP contribution in [0.3, 0.4) is 0 Å². The fourth-order valence-electron chi connectivity index (χ4n) is 1.79. The number of alkyl halides is 3. The number of halogens is 3. The van der Waals surface area contributed by atoms with E-state index in [9.17, 15) is 18.0 Å². The van der Waals surface area contributed by atoms with Crippen LogP contribution in [0.25, 0.3) is 0 Å². The van der Waals surface area contributed by atoms with Gasteiger partial charge in [0.15, 0.2) is 10.8 Å². The van der Waals surface area contributed by atoms with E-state index in [0.29, 0.717) is 22.9 Å². The van der Waals surface area contributed by atoms with Crippen LogP contribution in [0.4, 0.5) is 24.0 Å². The molecular weight excluding hydrogens is 317 g/mol. The first kappa shape index (κ1) is 16.3. The van der Waals surface area contributed by atoms with Gasteiger partial charge in [0.05, 0.1) is 0 Å². The molecule has 22 heavy (non-hydrogen) atoms. The average molecular weight is 330 g/mol. The molecule has 0 saturated carbocycles. The number of nitrogens with one attached hydrogen (secondary N) is 1. The lowest BCUT2D eigenvalue weighted by atomic mass is 10.0. The largest absolute Gasteiger partial charge is 0.477 e. The lowest BCUT2D eigenvalue weighted by molar-refractivity contribution is -0.141. The SMILES string of the molecule is CC(C)c1ccc(Nc2nc(C(F)(F)F)c(C(=O)O)s2)cc1. The second-order valence-electron chi connectivity index (χ2n) is 4.90. The monoisotopic (exact) mass is 330 g/mol. The number of rotatable bonds is 4.